The smallest absolute Gasteiger partial charge is 0.332 e. The van der Waals surface area contributed by atoms with E-state index in [0.29, 0.717) is 11.4 Å². The van der Waals surface area contributed by atoms with Gasteiger partial charge in [-0.2, -0.15) is 18.3 Å². The first kappa shape index (κ1) is 22.1. The SMILES string of the molecule is Cc1ccc(NC(=O)CN(C)C(=O)c2cnn(-c3cccc(C(F)(F)F)c3)c2C)cc1. The Balaban J connectivity index is 1.73. The topological polar surface area (TPSA) is 67.2 Å². The van der Waals surface area contributed by atoms with Crippen molar-refractivity contribution in [2.45, 2.75) is 20.0 Å². The first-order valence-electron chi connectivity index (χ1n) is 9.40. The fourth-order valence-corrected chi connectivity index (χ4v) is 3.02. The van der Waals surface area contributed by atoms with Gasteiger partial charge in [-0.15, -0.1) is 0 Å². The van der Waals surface area contributed by atoms with Crippen LogP contribution in [-0.2, 0) is 11.0 Å². The van der Waals surface area contributed by atoms with Crippen LogP contribution >= 0.6 is 0 Å². The molecule has 2 aromatic carbocycles. The fourth-order valence-electron chi connectivity index (χ4n) is 3.02. The van der Waals surface area contributed by atoms with Crippen LogP contribution < -0.4 is 5.32 Å². The van der Waals surface area contributed by atoms with Gasteiger partial charge < -0.3 is 10.2 Å². The maximum absolute atomic E-state index is 13.0. The molecule has 2 amide bonds. The molecule has 0 aliphatic heterocycles. The van der Waals surface area contributed by atoms with Crippen LogP contribution in [0.15, 0.2) is 54.7 Å². The van der Waals surface area contributed by atoms with Gasteiger partial charge in [-0.05, 0) is 44.2 Å². The molecule has 0 fully saturated rings. The van der Waals surface area contributed by atoms with Crippen LogP contribution in [0.5, 0.6) is 0 Å². The second kappa shape index (κ2) is 8.63. The highest BCUT2D eigenvalue weighted by Gasteiger charge is 2.31. The van der Waals surface area contributed by atoms with Crippen molar-refractivity contribution in [2.75, 3.05) is 18.9 Å². The molecule has 162 valence electrons. The molecule has 0 atom stereocenters. The van der Waals surface area contributed by atoms with E-state index in [1.54, 1.807) is 19.1 Å². The van der Waals surface area contributed by atoms with Crippen LogP contribution in [0.25, 0.3) is 5.69 Å². The Bertz CT molecular complexity index is 1100. The van der Waals surface area contributed by atoms with Crippen LogP contribution in [0.3, 0.4) is 0 Å². The lowest BCUT2D eigenvalue weighted by Gasteiger charge is -2.17. The number of amides is 2. The molecular weight excluding hydrogens is 409 g/mol. The summed E-state index contributed by atoms with van der Waals surface area (Å²) in [5.74, 6) is -0.836. The zero-order valence-electron chi connectivity index (χ0n) is 17.2. The van der Waals surface area contributed by atoms with Gasteiger partial charge in [0.05, 0.1) is 35.2 Å². The quantitative estimate of drug-likeness (QED) is 0.659. The Labute approximate surface area is 177 Å². The monoisotopic (exact) mass is 430 g/mol. The number of aromatic nitrogens is 2. The number of nitrogens with one attached hydrogen (secondary N) is 1. The summed E-state index contributed by atoms with van der Waals surface area (Å²) in [6, 6.07) is 11.9. The van der Waals surface area contributed by atoms with Crippen molar-refractivity contribution < 1.29 is 22.8 Å². The molecule has 1 heterocycles. The minimum absolute atomic E-state index is 0.186. The van der Waals surface area contributed by atoms with Crippen LogP contribution in [0.4, 0.5) is 18.9 Å². The summed E-state index contributed by atoms with van der Waals surface area (Å²) in [5.41, 5.74) is 1.62. The third kappa shape index (κ3) is 5.11. The Morgan fingerprint density at radius 3 is 2.42 bits per heavy atom. The number of carbonyl (C=O) groups is 2. The van der Waals surface area contributed by atoms with Gasteiger partial charge in [-0.3, -0.25) is 9.59 Å². The number of benzene rings is 2. The van der Waals surface area contributed by atoms with E-state index in [2.05, 4.69) is 10.4 Å². The maximum Gasteiger partial charge on any atom is 0.416 e. The van der Waals surface area contributed by atoms with E-state index in [1.807, 2.05) is 19.1 Å². The third-order valence-electron chi connectivity index (χ3n) is 4.72. The molecule has 1 N–H and O–H groups in total. The standard InChI is InChI=1S/C22H21F3N4O2/c1-14-7-9-17(10-8-14)27-20(30)13-28(3)21(31)19-12-26-29(15(19)2)18-6-4-5-16(11-18)22(23,24)25/h4-12H,13H2,1-3H3,(H,27,30). The van der Waals surface area contributed by atoms with Gasteiger partial charge in [-0.1, -0.05) is 23.8 Å². The van der Waals surface area contributed by atoms with E-state index in [0.717, 1.165) is 17.7 Å². The third-order valence-corrected chi connectivity index (χ3v) is 4.72. The minimum atomic E-state index is -4.49. The van der Waals surface area contributed by atoms with Gasteiger partial charge in [0.25, 0.3) is 5.91 Å². The lowest BCUT2D eigenvalue weighted by atomic mass is 10.2. The summed E-state index contributed by atoms with van der Waals surface area (Å²) in [5, 5.41) is 6.78. The number of nitrogens with zero attached hydrogens (tertiary/aromatic N) is 3. The number of hydrogen-bond acceptors (Lipinski definition) is 3. The zero-order valence-corrected chi connectivity index (χ0v) is 17.2. The van der Waals surface area contributed by atoms with Crippen molar-refractivity contribution >= 4 is 17.5 Å². The van der Waals surface area contributed by atoms with E-state index in [9.17, 15) is 22.8 Å². The van der Waals surface area contributed by atoms with Crippen molar-refractivity contribution in [1.29, 1.82) is 0 Å². The summed E-state index contributed by atoms with van der Waals surface area (Å²) in [7, 11) is 1.47. The van der Waals surface area contributed by atoms with Crippen molar-refractivity contribution in [3.8, 4) is 5.69 Å². The highest BCUT2D eigenvalue weighted by molar-refractivity contribution is 5.99. The van der Waals surface area contributed by atoms with Crippen LogP contribution in [0.2, 0.25) is 0 Å². The normalized spacial score (nSPS) is 11.3. The first-order valence-corrected chi connectivity index (χ1v) is 9.40. The Kier molecular flexibility index (Phi) is 6.14. The number of likely N-dealkylation sites (N-methyl/N-ethyl adjacent to an activating group) is 1. The Hall–Kier alpha value is -3.62. The van der Waals surface area contributed by atoms with Gasteiger partial charge in [-0.25, -0.2) is 4.68 Å². The van der Waals surface area contributed by atoms with E-state index in [4.69, 9.17) is 0 Å². The molecule has 3 aromatic rings. The molecule has 0 aliphatic carbocycles. The molecule has 31 heavy (non-hydrogen) atoms. The van der Waals surface area contributed by atoms with Crippen LogP contribution in [0, 0.1) is 13.8 Å². The summed E-state index contributed by atoms with van der Waals surface area (Å²) >= 11 is 0. The predicted octanol–water partition coefficient (Wildman–Crippen LogP) is 4.22. The summed E-state index contributed by atoms with van der Waals surface area (Å²) in [6.07, 6.45) is -3.20. The van der Waals surface area contributed by atoms with Crippen LogP contribution in [-0.4, -0.2) is 40.1 Å². The predicted molar refractivity (Wildman–Crippen MR) is 110 cm³/mol. The second-order valence-corrected chi connectivity index (χ2v) is 7.18. The average Bonchev–Trinajstić information content (AvgIpc) is 3.09. The number of aryl methyl sites for hydroxylation is 1. The molecule has 6 nitrogen and oxygen atoms in total. The Morgan fingerprint density at radius 1 is 1.10 bits per heavy atom. The van der Waals surface area contributed by atoms with Crippen molar-refractivity contribution in [2.24, 2.45) is 0 Å². The van der Waals surface area contributed by atoms with Crippen molar-refractivity contribution in [1.82, 2.24) is 14.7 Å². The molecule has 1 aromatic heterocycles. The number of carbonyl (C=O) groups excluding carboxylic acids is 2. The zero-order chi connectivity index (χ0) is 22.8. The highest BCUT2D eigenvalue weighted by Crippen LogP contribution is 2.30. The minimum Gasteiger partial charge on any atom is -0.332 e. The highest BCUT2D eigenvalue weighted by atomic mass is 19.4. The molecular formula is C22H21F3N4O2. The number of hydrogen-bond donors (Lipinski definition) is 1. The number of alkyl halides is 3. The Morgan fingerprint density at radius 2 is 1.77 bits per heavy atom. The maximum atomic E-state index is 13.0. The molecule has 0 saturated carbocycles. The number of halogens is 3. The molecule has 0 unspecified atom stereocenters. The lowest BCUT2D eigenvalue weighted by molar-refractivity contribution is -0.137. The number of rotatable bonds is 5. The van der Waals surface area contributed by atoms with E-state index >= 15 is 0 Å². The van der Waals surface area contributed by atoms with Crippen molar-refractivity contribution in [3.05, 3.63) is 77.1 Å². The summed E-state index contributed by atoms with van der Waals surface area (Å²) in [6.45, 7) is 3.32. The molecule has 0 spiro atoms. The van der Waals surface area contributed by atoms with E-state index in [-0.39, 0.29) is 23.7 Å². The lowest BCUT2D eigenvalue weighted by Crippen LogP contribution is -2.35. The second-order valence-electron chi connectivity index (χ2n) is 7.18. The molecule has 0 saturated heterocycles. The average molecular weight is 430 g/mol. The molecule has 3 rings (SSSR count). The molecule has 0 bridgehead atoms. The van der Waals surface area contributed by atoms with E-state index in [1.165, 1.54) is 35.0 Å². The molecule has 9 heteroatoms. The summed E-state index contributed by atoms with van der Waals surface area (Å²) in [4.78, 5) is 26.3. The molecule has 0 radical (unpaired) electrons. The van der Waals surface area contributed by atoms with Gasteiger partial charge >= 0.3 is 6.18 Å². The molecule has 0 aliphatic rings. The van der Waals surface area contributed by atoms with E-state index < -0.39 is 17.6 Å². The van der Waals surface area contributed by atoms with Gasteiger partial charge in [0.1, 0.15) is 0 Å². The number of anilines is 1. The van der Waals surface area contributed by atoms with Gasteiger partial charge in [0.15, 0.2) is 0 Å². The fraction of sp³-hybridized carbons (Fsp3) is 0.227. The van der Waals surface area contributed by atoms with Crippen molar-refractivity contribution in [3.63, 3.8) is 0 Å². The largest absolute Gasteiger partial charge is 0.416 e. The van der Waals surface area contributed by atoms with Crippen LogP contribution in [0.1, 0.15) is 27.2 Å². The summed E-state index contributed by atoms with van der Waals surface area (Å²) < 4.78 is 40.2. The first-order chi connectivity index (χ1) is 14.6. The van der Waals surface area contributed by atoms with Gasteiger partial charge in [0.2, 0.25) is 5.91 Å². The van der Waals surface area contributed by atoms with Gasteiger partial charge in [0, 0.05) is 12.7 Å².